The molecular weight excluding hydrogens is 339 g/mol. The van der Waals surface area contributed by atoms with Crippen molar-refractivity contribution >= 4 is 27.4 Å². The molecule has 8 heteroatoms. The topological polar surface area (TPSA) is 47.0 Å². The maximum atomic E-state index is 12.2. The molecule has 0 bridgehead atoms. The van der Waals surface area contributed by atoms with Crippen molar-refractivity contribution in [2.24, 2.45) is 0 Å². The Morgan fingerprint density at radius 1 is 1.21 bits per heavy atom. The van der Waals surface area contributed by atoms with Gasteiger partial charge < -0.3 is 10.1 Å². The maximum Gasteiger partial charge on any atom is 0.422 e. The van der Waals surface area contributed by atoms with Crippen molar-refractivity contribution in [3.8, 4) is 5.75 Å². The molecule has 1 N–H and O–H groups in total. The highest BCUT2D eigenvalue weighted by atomic mass is 32.1. The summed E-state index contributed by atoms with van der Waals surface area (Å²) >= 11 is 1.58. The van der Waals surface area contributed by atoms with Gasteiger partial charge in [0.2, 0.25) is 0 Å². The SMILES string of the molecule is Cc1cc2c(NCc3cccc(OCC(F)(F)F)c3)ncnc2s1. The van der Waals surface area contributed by atoms with Crippen molar-refractivity contribution in [2.75, 3.05) is 11.9 Å². The summed E-state index contributed by atoms with van der Waals surface area (Å²) in [6.07, 6.45) is -2.86. The molecule has 24 heavy (non-hydrogen) atoms. The van der Waals surface area contributed by atoms with Crippen LogP contribution in [-0.4, -0.2) is 22.8 Å². The molecule has 0 unspecified atom stereocenters. The van der Waals surface area contributed by atoms with E-state index in [1.54, 1.807) is 23.5 Å². The Morgan fingerprint density at radius 2 is 2.04 bits per heavy atom. The molecule has 2 heterocycles. The number of rotatable bonds is 5. The Hall–Kier alpha value is -2.35. The number of aromatic nitrogens is 2. The molecule has 0 radical (unpaired) electrons. The molecule has 3 aromatic rings. The van der Waals surface area contributed by atoms with Crippen molar-refractivity contribution in [3.05, 3.63) is 47.1 Å². The number of aryl methyl sites for hydroxylation is 1. The molecule has 3 rings (SSSR count). The van der Waals surface area contributed by atoms with Crippen LogP contribution in [0.3, 0.4) is 0 Å². The third-order valence-electron chi connectivity index (χ3n) is 3.21. The molecule has 126 valence electrons. The van der Waals surface area contributed by atoms with Gasteiger partial charge >= 0.3 is 6.18 Å². The number of halogens is 3. The predicted octanol–water partition coefficient (Wildman–Crippen LogP) is 4.55. The van der Waals surface area contributed by atoms with E-state index in [4.69, 9.17) is 4.74 Å². The standard InChI is InChI=1S/C16H14F3N3OS/c1-10-5-13-14(21-9-22-15(13)24-10)20-7-11-3-2-4-12(6-11)23-8-16(17,18)19/h2-6,9H,7-8H2,1H3,(H,20,21,22). The fourth-order valence-electron chi connectivity index (χ4n) is 2.21. The summed E-state index contributed by atoms with van der Waals surface area (Å²) in [4.78, 5) is 10.5. The average Bonchev–Trinajstić information content (AvgIpc) is 2.91. The molecule has 0 saturated heterocycles. The van der Waals surface area contributed by atoms with Crippen LogP contribution in [0.2, 0.25) is 0 Å². The maximum absolute atomic E-state index is 12.2. The average molecular weight is 353 g/mol. The van der Waals surface area contributed by atoms with Gasteiger partial charge in [0, 0.05) is 11.4 Å². The number of nitrogens with zero attached hydrogens (tertiary/aromatic N) is 2. The van der Waals surface area contributed by atoms with E-state index in [1.807, 2.05) is 19.1 Å². The van der Waals surface area contributed by atoms with Crippen molar-refractivity contribution in [1.82, 2.24) is 9.97 Å². The Bertz CT molecular complexity index is 848. The number of alkyl halides is 3. The van der Waals surface area contributed by atoms with Crippen LogP contribution in [0.4, 0.5) is 19.0 Å². The van der Waals surface area contributed by atoms with E-state index in [0.717, 1.165) is 20.7 Å². The fraction of sp³-hybridized carbons (Fsp3) is 0.250. The molecule has 0 aliphatic rings. The summed E-state index contributed by atoms with van der Waals surface area (Å²) in [7, 11) is 0. The van der Waals surface area contributed by atoms with Crippen molar-refractivity contribution in [1.29, 1.82) is 0 Å². The molecule has 1 aromatic carbocycles. The second-order valence-electron chi connectivity index (χ2n) is 5.20. The van der Waals surface area contributed by atoms with E-state index in [2.05, 4.69) is 15.3 Å². The molecule has 2 aromatic heterocycles. The molecule has 0 amide bonds. The van der Waals surface area contributed by atoms with Crippen molar-refractivity contribution in [2.45, 2.75) is 19.6 Å². The van der Waals surface area contributed by atoms with Crippen molar-refractivity contribution < 1.29 is 17.9 Å². The van der Waals surface area contributed by atoms with Gasteiger partial charge in [0.1, 0.15) is 22.7 Å². The number of hydrogen-bond acceptors (Lipinski definition) is 5. The van der Waals surface area contributed by atoms with Crippen LogP contribution in [0, 0.1) is 6.92 Å². The minimum Gasteiger partial charge on any atom is -0.484 e. The Kier molecular flexibility index (Phi) is 4.57. The number of nitrogens with one attached hydrogen (secondary N) is 1. The molecular formula is C16H14F3N3OS. The lowest BCUT2D eigenvalue weighted by atomic mass is 10.2. The van der Waals surface area contributed by atoms with Gasteiger partial charge in [-0.1, -0.05) is 12.1 Å². The number of benzene rings is 1. The van der Waals surface area contributed by atoms with E-state index in [-0.39, 0.29) is 5.75 Å². The minimum atomic E-state index is -4.35. The number of ether oxygens (including phenoxy) is 1. The predicted molar refractivity (Wildman–Crippen MR) is 87.5 cm³/mol. The van der Waals surface area contributed by atoms with Gasteiger partial charge in [-0.25, -0.2) is 9.97 Å². The zero-order valence-electron chi connectivity index (χ0n) is 12.7. The summed E-state index contributed by atoms with van der Waals surface area (Å²) in [6.45, 7) is 1.12. The molecule has 0 saturated carbocycles. The smallest absolute Gasteiger partial charge is 0.422 e. The van der Waals surface area contributed by atoms with Gasteiger partial charge in [-0.2, -0.15) is 13.2 Å². The summed E-state index contributed by atoms with van der Waals surface area (Å²) in [5.41, 5.74) is 0.799. The number of thiophene rings is 1. The van der Waals surface area contributed by atoms with Crippen LogP contribution in [0.15, 0.2) is 36.7 Å². The first-order valence-corrected chi connectivity index (χ1v) is 7.96. The third kappa shape index (κ3) is 4.14. The molecule has 0 atom stereocenters. The van der Waals surface area contributed by atoms with Gasteiger partial charge in [0.05, 0.1) is 5.39 Å². The highest BCUT2D eigenvalue weighted by Crippen LogP contribution is 2.28. The van der Waals surface area contributed by atoms with E-state index < -0.39 is 12.8 Å². The van der Waals surface area contributed by atoms with Gasteiger partial charge in [0.25, 0.3) is 0 Å². The second kappa shape index (κ2) is 6.64. The number of fused-ring (bicyclic) bond motifs is 1. The van der Waals surface area contributed by atoms with Crippen LogP contribution in [0.1, 0.15) is 10.4 Å². The minimum absolute atomic E-state index is 0.186. The Morgan fingerprint density at radius 3 is 2.83 bits per heavy atom. The molecule has 0 fully saturated rings. The first kappa shape index (κ1) is 16.5. The third-order valence-corrected chi connectivity index (χ3v) is 4.17. The summed E-state index contributed by atoms with van der Waals surface area (Å²) in [5.74, 6) is 0.886. The zero-order chi connectivity index (χ0) is 17.2. The fourth-order valence-corrected chi connectivity index (χ4v) is 3.06. The lowest BCUT2D eigenvalue weighted by Crippen LogP contribution is -2.19. The molecule has 0 spiro atoms. The largest absolute Gasteiger partial charge is 0.484 e. The molecule has 0 aliphatic heterocycles. The summed E-state index contributed by atoms with van der Waals surface area (Å²) in [5, 5.41) is 4.13. The normalized spacial score (nSPS) is 11.7. The lowest BCUT2D eigenvalue weighted by Gasteiger charge is -2.11. The Labute approximate surface area is 140 Å². The van der Waals surface area contributed by atoms with Crippen LogP contribution in [0.5, 0.6) is 5.75 Å². The first-order chi connectivity index (χ1) is 11.4. The van der Waals surface area contributed by atoms with Crippen LogP contribution in [0.25, 0.3) is 10.2 Å². The van der Waals surface area contributed by atoms with Gasteiger partial charge in [-0.15, -0.1) is 11.3 Å². The van der Waals surface area contributed by atoms with Gasteiger partial charge in [-0.05, 0) is 30.7 Å². The lowest BCUT2D eigenvalue weighted by molar-refractivity contribution is -0.153. The summed E-state index contributed by atoms with van der Waals surface area (Å²) < 4.78 is 41.4. The number of anilines is 1. The summed E-state index contributed by atoms with van der Waals surface area (Å²) in [6, 6.07) is 8.55. The van der Waals surface area contributed by atoms with E-state index in [0.29, 0.717) is 12.4 Å². The van der Waals surface area contributed by atoms with Crippen LogP contribution < -0.4 is 10.1 Å². The van der Waals surface area contributed by atoms with Crippen molar-refractivity contribution in [3.63, 3.8) is 0 Å². The monoisotopic (exact) mass is 353 g/mol. The molecule has 0 aliphatic carbocycles. The van der Waals surface area contributed by atoms with E-state index in [9.17, 15) is 13.2 Å². The van der Waals surface area contributed by atoms with E-state index in [1.165, 1.54) is 12.4 Å². The van der Waals surface area contributed by atoms with Gasteiger partial charge in [0.15, 0.2) is 6.61 Å². The highest BCUT2D eigenvalue weighted by molar-refractivity contribution is 7.18. The van der Waals surface area contributed by atoms with E-state index >= 15 is 0 Å². The van der Waals surface area contributed by atoms with Crippen LogP contribution in [-0.2, 0) is 6.54 Å². The Balaban J connectivity index is 1.70. The highest BCUT2D eigenvalue weighted by Gasteiger charge is 2.28. The first-order valence-electron chi connectivity index (χ1n) is 7.14. The number of hydrogen-bond donors (Lipinski definition) is 1. The zero-order valence-corrected chi connectivity index (χ0v) is 13.5. The quantitative estimate of drug-likeness (QED) is 0.731. The molecule has 4 nitrogen and oxygen atoms in total. The second-order valence-corrected chi connectivity index (χ2v) is 6.44. The van der Waals surface area contributed by atoms with Gasteiger partial charge in [-0.3, -0.25) is 0 Å². The van der Waals surface area contributed by atoms with Crippen LogP contribution >= 0.6 is 11.3 Å².